The number of carbonyl (C=O) groups is 2. The van der Waals surface area contributed by atoms with Crippen molar-refractivity contribution in [2.24, 2.45) is 0 Å². The molecule has 1 amide bonds. The summed E-state index contributed by atoms with van der Waals surface area (Å²) in [5, 5.41) is 0. The number of anilines is 1. The second-order valence-electron chi connectivity index (χ2n) is 5.29. The third-order valence-electron chi connectivity index (χ3n) is 3.88. The summed E-state index contributed by atoms with van der Waals surface area (Å²) in [5.74, 6) is -0.403. The van der Waals surface area contributed by atoms with Crippen molar-refractivity contribution in [3.05, 3.63) is 75.5 Å². The number of ketones is 1. The van der Waals surface area contributed by atoms with Crippen molar-refractivity contribution in [1.29, 1.82) is 0 Å². The van der Waals surface area contributed by atoms with Crippen molar-refractivity contribution >= 4 is 40.9 Å². The number of fused-ring (bicyclic) bond motifs is 1. The van der Waals surface area contributed by atoms with Crippen molar-refractivity contribution in [2.75, 3.05) is 17.4 Å². The quantitative estimate of drug-likeness (QED) is 0.603. The summed E-state index contributed by atoms with van der Waals surface area (Å²) in [4.78, 5) is 27.6. The van der Waals surface area contributed by atoms with Crippen LogP contribution in [0.1, 0.15) is 15.9 Å². The molecule has 0 aromatic heterocycles. The number of para-hydroxylation sites is 1. The summed E-state index contributed by atoms with van der Waals surface area (Å²) < 4.78 is 0.762. The molecule has 1 heterocycles. The van der Waals surface area contributed by atoms with E-state index in [1.54, 1.807) is 11.0 Å². The predicted molar refractivity (Wildman–Crippen MR) is 102 cm³/mol. The van der Waals surface area contributed by atoms with Gasteiger partial charge < -0.3 is 4.90 Å². The summed E-state index contributed by atoms with van der Waals surface area (Å²) in [6, 6.07) is 17.1. The van der Waals surface area contributed by atoms with Gasteiger partial charge in [0.05, 0.1) is 16.5 Å². The highest BCUT2D eigenvalue weighted by Gasteiger charge is 2.36. The van der Waals surface area contributed by atoms with Crippen molar-refractivity contribution in [3.63, 3.8) is 0 Å². The van der Waals surface area contributed by atoms with E-state index in [1.807, 2.05) is 61.0 Å². The molecule has 0 unspecified atom stereocenters. The fourth-order valence-corrected chi connectivity index (χ4v) is 4.20. The SMILES string of the molecule is CSC(SC)=C1C(=O)c2ccccc2N(Cc2ccccc2)C1=O. The molecule has 3 nitrogen and oxygen atoms in total. The predicted octanol–water partition coefficient (Wildman–Crippen LogP) is 4.35. The first-order chi connectivity index (χ1) is 11.7. The molecule has 0 N–H and O–H groups in total. The van der Waals surface area contributed by atoms with Crippen LogP contribution in [0.5, 0.6) is 0 Å². The van der Waals surface area contributed by atoms with Crippen LogP contribution in [-0.4, -0.2) is 24.2 Å². The number of hydrogen-bond donors (Lipinski definition) is 0. The summed E-state index contributed by atoms with van der Waals surface area (Å²) in [5.41, 5.74) is 2.58. The van der Waals surface area contributed by atoms with Gasteiger partial charge in [0.25, 0.3) is 5.91 Å². The van der Waals surface area contributed by atoms with Crippen molar-refractivity contribution in [3.8, 4) is 0 Å². The Labute approximate surface area is 150 Å². The minimum absolute atomic E-state index is 0.182. The first kappa shape index (κ1) is 16.9. The Bertz CT molecular complexity index is 809. The van der Waals surface area contributed by atoms with Gasteiger partial charge in [-0.25, -0.2) is 0 Å². The van der Waals surface area contributed by atoms with Crippen molar-refractivity contribution < 1.29 is 9.59 Å². The molecule has 2 aromatic carbocycles. The number of rotatable bonds is 4. The standard InChI is InChI=1S/C19H17NO2S2/c1-23-19(24-2)16-17(21)14-10-6-7-11-15(14)20(18(16)22)12-13-8-4-3-5-9-13/h3-11H,12H2,1-2H3. The highest BCUT2D eigenvalue weighted by molar-refractivity contribution is 8.21. The second-order valence-corrected chi connectivity index (χ2v) is 7.19. The molecule has 3 rings (SSSR count). The number of amides is 1. The third-order valence-corrected chi connectivity index (χ3v) is 6.03. The Hall–Kier alpha value is -1.98. The van der Waals surface area contributed by atoms with Crippen molar-refractivity contribution in [2.45, 2.75) is 6.54 Å². The average molecular weight is 355 g/mol. The molecule has 2 aromatic rings. The van der Waals surface area contributed by atoms with Gasteiger partial charge in [-0.15, -0.1) is 23.5 Å². The molecule has 0 aliphatic carbocycles. The highest BCUT2D eigenvalue weighted by atomic mass is 32.2. The molecule has 1 aliphatic heterocycles. The molecular weight excluding hydrogens is 338 g/mol. The van der Waals surface area contributed by atoms with Crippen LogP contribution >= 0.6 is 23.5 Å². The zero-order valence-corrected chi connectivity index (χ0v) is 15.1. The fraction of sp³-hybridized carbons (Fsp3) is 0.158. The molecule has 0 saturated heterocycles. The molecule has 0 radical (unpaired) electrons. The van der Waals surface area contributed by atoms with Crippen LogP contribution in [0.2, 0.25) is 0 Å². The average Bonchev–Trinajstić information content (AvgIpc) is 2.63. The normalized spacial score (nSPS) is 13.9. The van der Waals surface area contributed by atoms with Gasteiger partial charge in [0, 0.05) is 5.56 Å². The lowest BCUT2D eigenvalue weighted by Gasteiger charge is -2.30. The summed E-state index contributed by atoms with van der Waals surface area (Å²) in [7, 11) is 0. The molecule has 24 heavy (non-hydrogen) atoms. The Morgan fingerprint density at radius 2 is 1.54 bits per heavy atom. The minimum Gasteiger partial charge on any atom is -0.303 e. The maximum absolute atomic E-state index is 13.1. The van der Waals surface area contributed by atoms with Gasteiger partial charge in [-0.1, -0.05) is 42.5 Å². The van der Waals surface area contributed by atoms with E-state index < -0.39 is 0 Å². The van der Waals surface area contributed by atoms with Crippen LogP contribution in [0.3, 0.4) is 0 Å². The maximum Gasteiger partial charge on any atom is 0.264 e. The third kappa shape index (κ3) is 3.01. The van der Waals surface area contributed by atoms with E-state index in [1.165, 1.54) is 23.5 Å². The second kappa shape index (κ2) is 7.28. The van der Waals surface area contributed by atoms with E-state index in [0.717, 1.165) is 9.80 Å². The number of nitrogens with zero attached hydrogens (tertiary/aromatic N) is 1. The highest BCUT2D eigenvalue weighted by Crippen LogP contribution is 2.37. The number of Topliss-reactive ketones (excluding diaryl/α,β-unsaturated/α-hetero) is 1. The summed E-state index contributed by atoms with van der Waals surface area (Å²) in [6.45, 7) is 0.448. The smallest absolute Gasteiger partial charge is 0.264 e. The first-order valence-corrected chi connectivity index (χ1v) is 9.94. The van der Waals surface area contributed by atoms with Gasteiger partial charge in [-0.05, 0) is 30.2 Å². The van der Waals surface area contributed by atoms with Crippen LogP contribution in [0.25, 0.3) is 0 Å². The van der Waals surface area contributed by atoms with Crippen LogP contribution in [0.15, 0.2) is 64.4 Å². The number of thioether (sulfide) groups is 2. The van der Waals surface area contributed by atoms with Crippen LogP contribution in [0, 0.1) is 0 Å². The van der Waals surface area contributed by atoms with Gasteiger partial charge in [-0.3, -0.25) is 9.59 Å². The van der Waals surface area contributed by atoms with Gasteiger partial charge in [0.15, 0.2) is 0 Å². The number of hydrogen-bond acceptors (Lipinski definition) is 4. The molecule has 122 valence electrons. The first-order valence-electron chi connectivity index (χ1n) is 7.49. The van der Waals surface area contributed by atoms with Crippen LogP contribution in [-0.2, 0) is 11.3 Å². The maximum atomic E-state index is 13.1. The number of carbonyl (C=O) groups excluding carboxylic acids is 2. The van der Waals surface area contributed by atoms with E-state index in [0.29, 0.717) is 17.8 Å². The minimum atomic E-state index is -0.221. The molecular formula is C19H17NO2S2. The lowest BCUT2D eigenvalue weighted by atomic mass is 9.95. The largest absolute Gasteiger partial charge is 0.303 e. The van der Waals surface area contributed by atoms with Gasteiger partial charge in [-0.2, -0.15) is 0 Å². The Morgan fingerprint density at radius 3 is 2.21 bits per heavy atom. The lowest BCUT2D eigenvalue weighted by Crippen LogP contribution is -2.39. The van der Waals surface area contributed by atoms with Crippen LogP contribution < -0.4 is 4.90 Å². The van der Waals surface area contributed by atoms with E-state index >= 15 is 0 Å². The molecule has 0 atom stereocenters. The number of benzene rings is 2. The van der Waals surface area contributed by atoms with E-state index in [9.17, 15) is 9.59 Å². The topological polar surface area (TPSA) is 37.4 Å². The molecule has 0 saturated carbocycles. The summed E-state index contributed by atoms with van der Waals surface area (Å²) in [6.07, 6.45) is 3.78. The van der Waals surface area contributed by atoms with E-state index in [2.05, 4.69) is 0 Å². The Morgan fingerprint density at radius 1 is 0.917 bits per heavy atom. The molecule has 0 spiro atoms. The molecule has 1 aliphatic rings. The molecule has 0 bridgehead atoms. The van der Waals surface area contributed by atoms with E-state index in [-0.39, 0.29) is 17.3 Å². The summed E-state index contributed by atoms with van der Waals surface area (Å²) >= 11 is 2.88. The van der Waals surface area contributed by atoms with Crippen molar-refractivity contribution in [1.82, 2.24) is 0 Å². The molecule has 5 heteroatoms. The zero-order chi connectivity index (χ0) is 17.1. The van der Waals surface area contributed by atoms with E-state index in [4.69, 9.17) is 0 Å². The van der Waals surface area contributed by atoms with Crippen LogP contribution in [0.4, 0.5) is 5.69 Å². The fourth-order valence-electron chi connectivity index (χ4n) is 2.77. The van der Waals surface area contributed by atoms with Gasteiger partial charge in [0.2, 0.25) is 5.78 Å². The molecule has 0 fully saturated rings. The van der Waals surface area contributed by atoms with Gasteiger partial charge >= 0.3 is 0 Å². The zero-order valence-electron chi connectivity index (χ0n) is 13.5. The Kier molecular flexibility index (Phi) is 5.11. The monoisotopic (exact) mass is 355 g/mol. The lowest BCUT2D eigenvalue weighted by molar-refractivity contribution is -0.115. The Balaban J connectivity index is 2.13. The van der Waals surface area contributed by atoms with Gasteiger partial charge in [0.1, 0.15) is 5.57 Å².